The van der Waals surface area contributed by atoms with Crippen molar-refractivity contribution >= 4 is 0 Å². The summed E-state index contributed by atoms with van der Waals surface area (Å²) in [7, 11) is 0. The van der Waals surface area contributed by atoms with Crippen molar-refractivity contribution < 1.29 is 0 Å². The first-order chi connectivity index (χ1) is 7.13. The fraction of sp³-hybridized carbons (Fsp3) is 0.400. The van der Waals surface area contributed by atoms with Gasteiger partial charge in [0.15, 0.2) is 0 Å². The van der Waals surface area contributed by atoms with E-state index in [1.54, 1.807) is 18.4 Å². The molecule has 0 saturated carbocycles. The van der Waals surface area contributed by atoms with E-state index in [4.69, 9.17) is 0 Å². The van der Waals surface area contributed by atoms with Crippen LogP contribution in [0.4, 0.5) is 0 Å². The lowest BCUT2D eigenvalue weighted by molar-refractivity contribution is 0.572. The maximum Gasteiger partial charge on any atom is 0.277 e. The molecule has 3 rings (SSSR count). The molecule has 0 amide bonds. The quantitative estimate of drug-likeness (QED) is 0.626. The van der Waals surface area contributed by atoms with Gasteiger partial charge >= 0.3 is 0 Å². The molecule has 1 N–H and O–H groups in total. The topological polar surface area (TPSA) is 55.0 Å². The molecule has 5 heteroatoms. The molecule has 1 aliphatic rings. The summed E-state index contributed by atoms with van der Waals surface area (Å²) < 4.78 is 3.02. The summed E-state index contributed by atoms with van der Waals surface area (Å²) in [5, 5.41) is 3.20. The van der Waals surface area contributed by atoms with Gasteiger partial charge in [-0.3, -0.25) is 9.59 Å². The second-order valence-corrected chi connectivity index (χ2v) is 3.98. The molecule has 15 heavy (non-hydrogen) atoms. The highest BCUT2D eigenvalue weighted by atomic mass is 16.2. The zero-order valence-corrected chi connectivity index (χ0v) is 8.63. The Labute approximate surface area is 85.3 Å². The predicted octanol–water partition coefficient (Wildman–Crippen LogP) is -0.583. The van der Waals surface area contributed by atoms with Crippen LogP contribution < -0.4 is 16.4 Å². The van der Waals surface area contributed by atoms with Crippen molar-refractivity contribution in [2.45, 2.75) is 26.9 Å². The van der Waals surface area contributed by atoms with Crippen LogP contribution >= 0.6 is 0 Å². The van der Waals surface area contributed by atoms with Gasteiger partial charge in [-0.25, -0.2) is 4.52 Å². The minimum atomic E-state index is -0.187. The van der Waals surface area contributed by atoms with E-state index in [1.807, 2.05) is 0 Å². The third-order valence-corrected chi connectivity index (χ3v) is 3.19. The molecule has 5 nitrogen and oxygen atoms in total. The number of nitrogens with zero attached hydrogens (tertiary/aromatic N) is 2. The van der Waals surface area contributed by atoms with Crippen molar-refractivity contribution in [3.05, 3.63) is 43.2 Å². The summed E-state index contributed by atoms with van der Waals surface area (Å²) in [6.45, 7) is 4.84. The highest BCUT2D eigenvalue weighted by Gasteiger charge is 2.24. The zero-order chi connectivity index (χ0) is 10.7. The number of hydrogen-bond donors (Lipinski definition) is 1. The van der Waals surface area contributed by atoms with Crippen molar-refractivity contribution in [2.24, 2.45) is 0 Å². The Morgan fingerprint density at radius 2 is 1.40 bits per heavy atom. The van der Waals surface area contributed by atoms with E-state index in [0.717, 1.165) is 11.4 Å². The van der Waals surface area contributed by atoms with Gasteiger partial charge in [0.1, 0.15) is 0 Å². The average molecular weight is 205 g/mol. The fourth-order valence-corrected chi connectivity index (χ4v) is 2.27. The number of hydrogen-bond acceptors (Lipinski definition) is 3. The van der Waals surface area contributed by atoms with Gasteiger partial charge in [-0.1, -0.05) is 0 Å². The monoisotopic (exact) mass is 205 g/mol. The molecule has 0 unspecified atom stereocenters. The maximum atomic E-state index is 11.8. The van der Waals surface area contributed by atoms with Crippen molar-refractivity contribution in [1.82, 2.24) is 14.3 Å². The van der Waals surface area contributed by atoms with Crippen LogP contribution in [0.1, 0.15) is 22.5 Å². The van der Waals surface area contributed by atoms with E-state index in [1.165, 1.54) is 4.52 Å². The Morgan fingerprint density at radius 3 is 1.87 bits per heavy atom. The summed E-state index contributed by atoms with van der Waals surface area (Å²) in [6, 6.07) is 0. The highest BCUT2D eigenvalue weighted by molar-refractivity contribution is 5.29. The van der Waals surface area contributed by atoms with Crippen LogP contribution in [0.5, 0.6) is 0 Å². The molecule has 0 bridgehead atoms. The standard InChI is InChI=1S/C10H11N3O2/c1-5-7-3-11-4-8-6(2)10(15)13(9(5)14)12(7)8/h11H,3-4H2,1-2H3. The molecule has 2 aromatic rings. The van der Waals surface area contributed by atoms with E-state index in [2.05, 4.69) is 5.32 Å². The van der Waals surface area contributed by atoms with Crippen LogP contribution in [-0.2, 0) is 13.1 Å². The van der Waals surface area contributed by atoms with Gasteiger partial charge in [0.2, 0.25) is 0 Å². The van der Waals surface area contributed by atoms with E-state index in [-0.39, 0.29) is 11.1 Å². The zero-order valence-electron chi connectivity index (χ0n) is 8.63. The van der Waals surface area contributed by atoms with E-state index >= 15 is 0 Å². The smallest absolute Gasteiger partial charge is 0.277 e. The van der Waals surface area contributed by atoms with Crippen LogP contribution in [0.25, 0.3) is 0 Å². The Bertz CT molecular complexity index is 612. The molecule has 78 valence electrons. The van der Waals surface area contributed by atoms with Crippen LogP contribution in [0, 0.1) is 13.8 Å². The van der Waals surface area contributed by atoms with Gasteiger partial charge < -0.3 is 5.32 Å². The van der Waals surface area contributed by atoms with Gasteiger partial charge in [-0.15, -0.1) is 0 Å². The summed E-state index contributed by atoms with van der Waals surface area (Å²) in [6.07, 6.45) is 0. The molecular weight excluding hydrogens is 194 g/mol. The fourth-order valence-electron chi connectivity index (χ4n) is 2.27. The van der Waals surface area contributed by atoms with Crippen LogP contribution in [0.3, 0.4) is 0 Å². The van der Waals surface area contributed by atoms with Crippen LogP contribution in [0.15, 0.2) is 9.59 Å². The SMILES string of the molecule is Cc1c2n3c(c(C)c(=O)n3c1=O)CNC2. The largest absolute Gasteiger partial charge is 0.305 e. The second kappa shape index (κ2) is 2.49. The summed E-state index contributed by atoms with van der Waals surface area (Å²) in [5.74, 6) is 0. The summed E-state index contributed by atoms with van der Waals surface area (Å²) in [5.41, 5.74) is 2.78. The number of aromatic nitrogens is 2. The van der Waals surface area contributed by atoms with Gasteiger partial charge in [0, 0.05) is 24.2 Å². The molecule has 2 aromatic heterocycles. The Kier molecular flexibility index (Phi) is 1.44. The predicted molar refractivity (Wildman–Crippen MR) is 54.6 cm³/mol. The minimum absolute atomic E-state index is 0.187. The molecule has 0 fully saturated rings. The minimum Gasteiger partial charge on any atom is -0.305 e. The summed E-state index contributed by atoms with van der Waals surface area (Å²) >= 11 is 0. The molecular formula is C10H11N3O2. The van der Waals surface area contributed by atoms with Crippen molar-refractivity contribution in [1.29, 1.82) is 0 Å². The highest BCUT2D eigenvalue weighted by Crippen LogP contribution is 2.14. The van der Waals surface area contributed by atoms with E-state index in [0.29, 0.717) is 24.2 Å². The second-order valence-electron chi connectivity index (χ2n) is 3.98. The first-order valence-electron chi connectivity index (χ1n) is 4.92. The van der Waals surface area contributed by atoms with Crippen LogP contribution in [-0.4, -0.2) is 9.03 Å². The molecule has 0 atom stereocenters. The van der Waals surface area contributed by atoms with E-state index < -0.39 is 0 Å². The first-order valence-corrected chi connectivity index (χ1v) is 4.92. The first kappa shape index (κ1) is 8.67. The third kappa shape index (κ3) is 0.818. The Morgan fingerprint density at radius 1 is 0.933 bits per heavy atom. The van der Waals surface area contributed by atoms with Crippen molar-refractivity contribution in [2.75, 3.05) is 0 Å². The van der Waals surface area contributed by atoms with Crippen molar-refractivity contribution in [3.63, 3.8) is 0 Å². The lowest BCUT2D eigenvalue weighted by Gasteiger charge is -2.13. The number of rotatable bonds is 0. The lowest BCUT2D eigenvalue weighted by Crippen LogP contribution is -2.23. The lowest BCUT2D eigenvalue weighted by atomic mass is 10.2. The van der Waals surface area contributed by atoms with E-state index in [9.17, 15) is 9.59 Å². The van der Waals surface area contributed by atoms with Gasteiger partial charge in [-0.05, 0) is 13.8 Å². The van der Waals surface area contributed by atoms with Crippen molar-refractivity contribution in [3.8, 4) is 0 Å². The molecule has 0 radical (unpaired) electrons. The molecule has 1 aliphatic heterocycles. The molecule has 0 saturated heterocycles. The molecule has 3 heterocycles. The third-order valence-electron chi connectivity index (χ3n) is 3.19. The molecule has 0 aliphatic carbocycles. The molecule has 0 aromatic carbocycles. The maximum absolute atomic E-state index is 11.8. The van der Waals surface area contributed by atoms with Gasteiger partial charge in [-0.2, -0.15) is 4.52 Å². The molecule has 0 spiro atoms. The van der Waals surface area contributed by atoms with Gasteiger partial charge in [0.25, 0.3) is 11.1 Å². The Balaban J connectivity index is 2.71. The Hall–Kier alpha value is -1.62. The normalized spacial score (nSPS) is 15.1. The van der Waals surface area contributed by atoms with Crippen LogP contribution in [0.2, 0.25) is 0 Å². The average Bonchev–Trinajstić information content (AvgIpc) is 2.64. The van der Waals surface area contributed by atoms with Gasteiger partial charge in [0.05, 0.1) is 11.4 Å². The summed E-state index contributed by atoms with van der Waals surface area (Å²) in [4.78, 5) is 23.7. The number of nitrogens with one attached hydrogen (secondary N) is 1.